The molecule has 0 saturated heterocycles. The van der Waals surface area contributed by atoms with Gasteiger partial charge in [0.15, 0.2) is 11.6 Å². The first-order chi connectivity index (χ1) is 14.9. The Morgan fingerprint density at radius 2 is 1.84 bits per heavy atom. The molecule has 31 heavy (non-hydrogen) atoms. The van der Waals surface area contributed by atoms with Crippen molar-refractivity contribution in [3.05, 3.63) is 77.4 Å². The smallest absolute Gasteiger partial charge is 0.274 e. The Morgan fingerprint density at radius 3 is 2.58 bits per heavy atom. The van der Waals surface area contributed by atoms with E-state index in [0.717, 1.165) is 11.1 Å². The topological polar surface area (TPSA) is 97.5 Å². The van der Waals surface area contributed by atoms with E-state index in [9.17, 15) is 9.59 Å². The number of aryl methyl sites for hydroxylation is 1. The number of anilines is 3. The molecule has 2 heterocycles. The van der Waals surface area contributed by atoms with Crippen LogP contribution in [0.3, 0.4) is 0 Å². The minimum absolute atomic E-state index is 0.237. The number of pyridine rings is 1. The zero-order valence-electron chi connectivity index (χ0n) is 17.6. The van der Waals surface area contributed by atoms with Crippen LogP contribution in [-0.2, 0) is 9.59 Å². The molecule has 158 valence electrons. The van der Waals surface area contributed by atoms with E-state index in [4.69, 9.17) is 10.5 Å². The molecule has 0 aliphatic carbocycles. The van der Waals surface area contributed by atoms with Gasteiger partial charge in [0, 0.05) is 11.3 Å². The van der Waals surface area contributed by atoms with Gasteiger partial charge >= 0.3 is 0 Å². The van der Waals surface area contributed by atoms with Crippen LogP contribution in [0.4, 0.5) is 17.3 Å². The number of hydrogen-bond donors (Lipinski definition) is 2. The predicted octanol–water partition coefficient (Wildman–Crippen LogP) is 3.77. The van der Waals surface area contributed by atoms with Crippen molar-refractivity contribution in [1.82, 2.24) is 4.98 Å². The minimum Gasteiger partial charge on any atom is -0.472 e. The lowest BCUT2D eigenvalue weighted by atomic mass is 10.0. The van der Waals surface area contributed by atoms with Gasteiger partial charge in [-0.2, -0.15) is 0 Å². The first kappa shape index (κ1) is 20.4. The van der Waals surface area contributed by atoms with E-state index >= 15 is 0 Å². The SMILES string of the molecule is Cc1cccc(NC(=O)C(C)N2C(=O)C(c3ccccc3)Oc3ccc(N)nc32)c1C. The molecule has 0 fully saturated rings. The second kappa shape index (κ2) is 8.10. The van der Waals surface area contributed by atoms with Crippen LogP contribution in [0, 0.1) is 13.8 Å². The van der Waals surface area contributed by atoms with Crippen molar-refractivity contribution in [1.29, 1.82) is 0 Å². The van der Waals surface area contributed by atoms with Crippen molar-refractivity contribution in [3.63, 3.8) is 0 Å². The van der Waals surface area contributed by atoms with Gasteiger partial charge in [0.1, 0.15) is 11.9 Å². The highest BCUT2D eigenvalue weighted by Gasteiger charge is 2.41. The number of carbonyl (C=O) groups excluding carboxylic acids is 2. The Labute approximate surface area is 180 Å². The summed E-state index contributed by atoms with van der Waals surface area (Å²) in [5.74, 6) is 0.168. The molecule has 1 aromatic heterocycles. The van der Waals surface area contributed by atoms with Gasteiger partial charge < -0.3 is 15.8 Å². The summed E-state index contributed by atoms with van der Waals surface area (Å²) >= 11 is 0. The Balaban J connectivity index is 1.70. The lowest BCUT2D eigenvalue weighted by Crippen LogP contribution is -2.51. The summed E-state index contributed by atoms with van der Waals surface area (Å²) < 4.78 is 5.96. The van der Waals surface area contributed by atoms with E-state index in [-0.39, 0.29) is 23.5 Å². The zero-order valence-corrected chi connectivity index (χ0v) is 17.6. The Bertz CT molecular complexity index is 1150. The summed E-state index contributed by atoms with van der Waals surface area (Å²) in [5.41, 5.74) is 9.31. The number of carbonyl (C=O) groups is 2. The fraction of sp³-hybridized carbons (Fsp3) is 0.208. The van der Waals surface area contributed by atoms with Crippen molar-refractivity contribution in [2.75, 3.05) is 16.0 Å². The average molecular weight is 416 g/mol. The minimum atomic E-state index is -0.880. The van der Waals surface area contributed by atoms with Crippen LogP contribution in [-0.4, -0.2) is 22.8 Å². The molecule has 3 N–H and O–H groups in total. The van der Waals surface area contributed by atoms with Crippen LogP contribution in [0.5, 0.6) is 5.75 Å². The van der Waals surface area contributed by atoms with Crippen LogP contribution in [0.25, 0.3) is 0 Å². The Morgan fingerprint density at radius 1 is 1.10 bits per heavy atom. The largest absolute Gasteiger partial charge is 0.472 e. The van der Waals surface area contributed by atoms with Gasteiger partial charge in [0.05, 0.1) is 0 Å². The molecule has 1 aliphatic heterocycles. The van der Waals surface area contributed by atoms with E-state index in [1.165, 1.54) is 4.90 Å². The number of benzene rings is 2. The summed E-state index contributed by atoms with van der Waals surface area (Å²) in [7, 11) is 0. The van der Waals surface area contributed by atoms with Crippen molar-refractivity contribution in [2.24, 2.45) is 0 Å². The molecule has 0 spiro atoms. The fourth-order valence-electron chi connectivity index (χ4n) is 3.58. The monoisotopic (exact) mass is 416 g/mol. The summed E-state index contributed by atoms with van der Waals surface area (Å²) in [6.07, 6.45) is -0.880. The maximum atomic E-state index is 13.5. The standard InChI is InChI=1S/C24H24N4O3/c1-14-8-7-11-18(15(14)2)26-23(29)16(3)28-22-19(12-13-20(25)27-22)31-21(24(28)30)17-9-5-4-6-10-17/h4-13,16,21H,1-3H3,(H2,25,27)(H,26,29). The number of amides is 2. The molecular formula is C24H24N4O3. The molecule has 0 bridgehead atoms. The van der Waals surface area contributed by atoms with E-state index in [0.29, 0.717) is 17.0 Å². The average Bonchev–Trinajstić information content (AvgIpc) is 2.76. The molecule has 2 aromatic carbocycles. The van der Waals surface area contributed by atoms with E-state index < -0.39 is 12.1 Å². The highest BCUT2D eigenvalue weighted by atomic mass is 16.5. The normalized spacial score (nSPS) is 16.3. The molecule has 2 amide bonds. The van der Waals surface area contributed by atoms with E-state index in [2.05, 4.69) is 10.3 Å². The van der Waals surface area contributed by atoms with Crippen LogP contribution in [0.15, 0.2) is 60.7 Å². The predicted molar refractivity (Wildman–Crippen MR) is 120 cm³/mol. The molecule has 3 aromatic rings. The second-order valence-electron chi connectivity index (χ2n) is 7.59. The van der Waals surface area contributed by atoms with Gasteiger partial charge in [-0.05, 0) is 50.1 Å². The third-order valence-corrected chi connectivity index (χ3v) is 5.53. The molecule has 2 atom stereocenters. The van der Waals surface area contributed by atoms with Crippen molar-refractivity contribution in [3.8, 4) is 5.75 Å². The first-order valence-corrected chi connectivity index (χ1v) is 10.0. The highest BCUT2D eigenvalue weighted by Crippen LogP contribution is 2.39. The number of nitrogen functional groups attached to an aromatic ring is 1. The van der Waals surface area contributed by atoms with Gasteiger partial charge in [-0.15, -0.1) is 0 Å². The van der Waals surface area contributed by atoms with Gasteiger partial charge in [-0.1, -0.05) is 42.5 Å². The molecule has 7 heteroatoms. The third-order valence-electron chi connectivity index (χ3n) is 5.53. The molecule has 7 nitrogen and oxygen atoms in total. The van der Waals surface area contributed by atoms with Crippen molar-refractivity contribution in [2.45, 2.75) is 32.9 Å². The third kappa shape index (κ3) is 3.82. The van der Waals surface area contributed by atoms with Crippen LogP contribution in [0.1, 0.15) is 29.7 Å². The van der Waals surface area contributed by atoms with E-state index in [1.54, 1.807) is 19.1 Å². The number of ether oxygens (including phenoxy) is 1. The molecule has 4 rings (SSSR count). The Hall–Kier alpha value is -3.87. The maximum Gasteiger partial charge on any atom is 0.274 e. The quantitative estimate of drug-likeness (QED) is 0.675. The number of nitrogens with zero attached hydrogens (tertiary/aromatic N) is 2. The van der Waals surface area contributed by atoms with Gasteiger partial charge in [0.2, 0.25) is 12.0 Å². The number of nitrogens with one attached hydrogen (secondary N) is 1. The van der Waals surface area contributed by atoms with E-state index in [1.807, 2.05) is 62.4 Å². The molecular weight excluding hydrogens is 392 g/mol. The number of rotatable bonds is 4. The summed E-state index contributed by atoms with van der Waals surface area (Å²) in [6.45, 7) is 5.59. The fourth-order valence-corrected chi connectivity index (χ4v) is 3.58. The molecule has 1 aliphatic rings. The lowest BCUT2D eigenvalue weighted by molar-refractivity contribution is -0.129. The molecule has 2 unspecified atom stereocenters. The summed E-state index contributed by atoms with van der Waals surface area (Å²) in [6, 6.07) is 17.3. The van der Waals surface area contributed by atoms with Crippen LogP contribution in [0.2, 0.25) is 0 Å². The van der Waals surface area contributed by atoms with Gasteiger partial charge in [0.25, 0.3) is 5.91 Å². The summed E-state index contributed by atoms with van der Waals surface area (Å²) in [5, 5.41) is 2.94. The number of nitrogens with two attached hydrogens (primary N) is 1. The van der Waals surface area contributed by atoms with Gasteiger partial charge in [-0.3, -0.25) is 14.5 Å². The van der Waals surface area contributed by atoms with Crippen molar-refractivity contribution >= 4 is 29.1 Å². The number of aromatic nitrogens is 1. The number of hydrogen-bond acceptors (Lipinski definition) is 5. The maximum absolute atomic E-state index is 13.5. The molecule has 0 radical (unpaired) electrons. The highest BCUT2D eigenvalue weighted by molar-refractivity contribution is 6.07. The van der Waals surface area contributed by atoms with Crippen molar-refractivity contribution < 1.29 is 14.3 Å². The second-order valence-corrected chi connectivity index (χ2v) is 7.59. The lowest BCUT2D eigenvalue weighted by Gasteiger charge is -2.36. The van der Waals surface area contributed by atoms with Crippen LogP contribution >= 0.6 is 0 Å². The Kier molecular flexibility index (Phi) is 5.33. The summed E-state index contributed by atoms with van der Waals surface area (Å²) in [4.78, 5) is 32.3. The van der Waals surface area contributed by atoms with Gasteiger partial charge in [-0.25, -0.2) is 4.98 Å². The number of fused-ring (bicyclic) bond motifs is 1. The van der Waals surface area contributed by atoms with Crippen LogP contribution < -0.4 is 20.7 Å². The first-order valence-electron chi connectivity index (χ1n) is 10.0. The zero-order chi connectivity index (χ0) is 22.1. The molecule has 0 saturated carbocycles.